The summed E-state index contributed by atoms with van der Waals surface area (Å²) in [5.41, 5.74) is 0.539. The van der Waals surface area contributed by atoms with Gasteiger partial charge in [-0.2, -0.15) is 0 Å². The number of nitrogens with zero attached hydrogens (tertiary/aromatic N) is 1. The smallest absolute Gasteiger partial charge is 0.254 e. The maximum Gasteiger partial charge on any atom is 0.254 e. The highest BCUT2D eigenvalue weighted by atomic mass is 16.6. The van der Waals surface area contributed by atoms with E-state index >= 15 is 0 Å². The summed E-state index contributed by atoms with van der Waals surface area (Å²) in [6, 6.07) is 3.53. The Balaban J connectivity index is 2.39. The van der Waals surface area contributed by atoms with Crippen molar-refractivity contribution in [1.29, 1.82) is 0 Å². The van der Waals surface area contributed by atoms with Gasteiger partial charge in [-0.05, 0) is 26.0 Å². The molecule has 0 spiro atoms. The molecule has 1 aromatic carbocycles. The van der Waals surface area contributed by atoms with Crippen LogP contribution in [0.5, 0.6) is 17.2 Å². The van der Waals surface area contributed by atoms with Crippen LogP contribution in [0.4, 0.5) is 0 Å². The monoisotopic (exact) mass is 265 g/mol. The minimum absolute atomic E-state index is 0.0646. The molecule has 1 amide bonds. The normalized spacial score (nSPS) is 13.3. The van der Waals surface area contributed by atoms with Crippen molar-refractivity contribution in [2.45, 2.75) is 19.9 Å². The third kappa shape index (κ3) is 2.59. The lowest BCUT2D eigenvalue weighted by Gasteiger charge is -2.24. The predicted molar refractivity (Wildman–Crippen MR) is 71.2 cm³/mol. The quantitative estimate of drug-likeness (QED) is 0.838. The molecule has 5 nitrogen and oxygen atoms in total. The highest BCUT2D eigenvalue weighted by Crippen LogP contribution is 2.40. The van der Waals surface area contributed by atoms with Crippen LogP contribution in [0.25, 0.3) is 0 Å². The van der Waals surface area contributed by atoms with Crippen molar-refractivity contribution in [2.75, 3.05) is 27.4 Å². The van der Waals surface area contributed by atoms with Crippen LogP contribution in [0, 0.1) is 0 Å². The molecule has 0 aromatic heterocycles. The zero-order valence-electron chi connectivity index (χ0n) is 11.7. The van der Waals surface area contributed by atoms with Crippen molar-refractivity contribution in [3.63, 3.8) is 0 Å². The second-order valence-electron chi connectivity index (χ2n) is 4.71. The maximum absolute atomic E-state index is 12.3. The third-order valence-corrected chi connectivity index (χ3v) is 3.17. The van der Waals surface area contributed by atoms with E-state index in [1.165, 1.54) is 0 Å². The van der Waals surface area contributed by atoms with Gasteiger partial charge in [0.25, 0.3) is 5.91 Å². The van der Waals surface area contributed by atoms with Crippen molar-refractivity contribution in [3.05, 3.63) is 17.7 Å². The average Bonchev–Trinajstić information content (AvgIpc) is 2.44. The number of benzene rings is 1. The number of carbonyl (C=O) groups is 1. The highest BCUT2D eigenvalue weighted by molar-refractivity contribution is 5.95. The third-order valence-electron chi connectivity index (χ3n) is 3.17. The summed E-state index contributed by atoms with van der Waals surface area (Å²) >= 11 is 0. The summed E-state index contributed by atoms with van der Waals surface area (Å²) in [7, 11) is 3.32. The Morgan fingerprint density at radius 3 is 2.63 bits per heavy atom. The van der Waals surface area contributed by atoms with Crippen LogP contribution in [-0.2, 0) is 0 Å². The molecule has 0 saturated carbocycles. The number of carbonyl (C=O) groups excluding carboxylic acids is 1. The molecule has 1 heterocycles. The van der Waals surface area contributed by atoms with Gasteiger partial charge in [-0.3, -0.25) is 4.79 Å². The molecule has 104 valence electrons. The van der Waals surface area contributed by atoms with Gasteiger partial charge in [0.05, 0.1) is 7.11 Å². The first kappa shape index (κ1) is 13.5. The van der Waals surface area contributed by atoms with Crippen LogP contribution in [-0.4, -0.2) is 44.2 Å². The molecule has 0 fully saturated rings. The van der Waals surface area contributed by atoms with Crippen molar-refractivity contribution >= 4 is 5.91 Å². The molecule has 1 aliphatic rings. The average molecular weight is 265 g/mol. The number of ether oxygens (including phenoxy) is 3. The van der Waals surface area contributed by atoms with E-state index in [2.05, 4.69) is 0 Å². The number of methoxy groups -OCH3 is 1. The van der Waals surface area contributed by atoms with E-state index in [0.29, 0.717) is 36.0 Å². The van der Waals surface area contributed by atoms with Crippen LogP contribution in [0.3, 0.4) is 0 Å². The SMILES string of the molecule is COc1cc(C(=O)N(C)C(C)C)cc2c1OCCO2. The van der Waals surface area contributed by atoms with Crippen LogP contribution in [0.1, 0.15) is 24.2 Å². The lowest BCUT2D eigenvalue weighted by Crippen LogP contribution is -2.33. The molecule has 0 saturated heterocycles. The van der Waals surface area contributed by atoms with Gasteiger partial charge in [-0.25, -0.2) is 0 Å². The summed E-state index contributed by atoms with van der Waals surface area (Å²) in [6.45, 7) is 4.90. The Morgan fingerprint density at radius 1 is 1.32 bits per heavy atom. The van der Waals surface area contributed by atoms with E-state index in [1.807, 2.05) is 13.8 Å². The summed E-state index contributed by atoms with van der Waals surface area (Å²) < 4.78 is 16.3. The molecule has 1 aliphatic heterocycles. The molecule has 0 unspecified atom stereocenters. The van der Waals surface area contributed by atoms with Gasteiger partial charge >= 0.3 is 0 Å². The Morgan fingerprint density at radius 2 is 2.00 bits per heavy atom. The van der Waals surface area contributed by atoms with Crippen LogP contribution in [0.15, 0.2) is 12.1 Å². The molecule has 0 aliphatic carbocycles. The standard InChI is InChI=1S/C14H19NO4/c1-9(2)15(3)14(16)10-7-11(17-4)13-12(8-10)18-5-6-19-13/h7-9H,5-6H2,1-4H3. The Labute approximate surface area is 113 Å². The number of fused-ring (bicyclic) bond motifs is 1. The van der Waals surface area contributed by atoms with Gasteiger partial charge in [-0.15, -0.1) is 0 Å². The fraction of sp³-hybridized carbons (Fsp3) is 0.500. The fourth-order valence-electron chi connectivity index (χ4n) is 1.83. The van der Waals surface area contributed by atoms with E-state index in [1.54, 1.807) is 31.2 Å². The maximum atomic E-state index is 12.3. The lowest BCUT2D eigenvalue weighted by atomic mass is 10.1. The van der Waals surface area contributed by atoms with Crippen molar-refractivity contribution in [1.82, 2.24) is 4.90 Å². The zero-order chi connectivity index (χ0) is 14.0. The van der Waals surface area contributed by atoms with E-state index in [0.717, 1.165) is 0 Å². The van der Waals surface area contributed by atoms with E-state index < -0.39 is 0 Å². The van der Waals surface area contributed by atoms with Gasteiger partial charge in [0.15, 0.2) is 11.5 Å². The molecular weight excluding hydrogens is 246 g/mol. The summed E-state index contributed by atoms with van der Waals surface area (Å²) in [6.07, 6.45) is 0. The summed E-state index contributed by atoms with van der Waals surface area (Å²) in [5.74, 6) is 1.59. The van der Waals surface area contributed by atoms with Crippen LogP contribution < -0.4 is 14.2 Å². The first-order chi connectivity index (χ1) is 9.04. The molecule has 0 N–H and O–H groups in total. The van der Waals surface area contributed by atoms with Gasteiger partial charge in [0, 0.05) is 18.7 Å². The fourth-order valence-corrected chi connectivity index (χ4v) is 1.83. The van der Waals surface area contributed by atoms with Crippen LogP contribution >= 0.6 is 0 Å². The molecule has 1 aromatic rings. The van der Waals surface area contributed by atoms with Gasteiger partial charge < -0.3 is 19.1 Å². The van der Waals surface area contributed by atoms with Crippen molar-refractivity contribution in [2.24, 2.45) is 0 Å². The van der Waals surface area contributed by atoms with Gasteiger partial charge in [0.1, 0.15) is 13.2 Å². The molecule has 2 rings (SSSR count). The first-order valence-corrected chi connectivity index (χ1v) is 6.29. The van der Waals surface area contributed by atoms with Crippen LogP contribution in [0.2, 0.25) is 0 Å². The highest BCUT2D eigenvalue weighted by Gasteiger charge is 2.23. The van der Waals surface area contributed by atoms with E-state index in [4.69, 9.17) is 14.2 Å². The molecule has 0 atom stereocenters. The second kappa shape index (κ2) is 5.38. The number of hydrogen-bond donors (Lipinski definition) is 0. The largest absolute Gasteiger partial charge is 0.493 e. The molecule has 19 heavy (non-hydrogen) atoms. The molecule has 0 radical (unpaired) electrons. The second-order valence-corrected chi connectivity index (χ2v) is 4.71. The number of hydrogen-bond acceptors (Lipinski definition) is 4. The number of amides is 1. The topological polar surface area (TPSA) is 48.0 Å². The summed E-state index contributed by atoms with van der Waals surface area (Å²) in [5, 5.41) is 0. The Kier molecular flexibility index (Phi) is 3.83. The Hall–Kier alpha value is -1.91. The lowest BCUT2D eigenvalue weighted by molar-refractivity contribution is 0.0753. The van der Waals surface area contributed by atoms with Crippen molar-refractivity contribution < 1.29 is 19.0 Å². The molecule has 5 heteroatoms. The Bertz CT molecular complexity index is 467. The predicted octanol–water partition coefficient (Wildman–Crippen LogP) is 1.95. The minimum atomic E-state index is -0.0646. The van der Waals surface area contributed by atoms with Gasteiger partial charge in [0.2, 0.25) is 5.75 Å². The van der Waals surface area contributed by atoms with Crippen molar-refractivity contribution in [3.8, 4) is 17.2 Å². The zero-order valence-corrected chi connectivity index (χ0v) is 11.7. The van der Waals surface area contributed by atoms with Gasteiger partial charge in [-0.1, -0.05) is 0 Å². The van der Waals surface area contributed by atoms with E-state index in [-0.39, 0.29) is 11.9 Å². The summed E-state index contributed by atoms with van der Waals surface area (Å²) in [4.78, 5) is 14.0. The van der Waals surface area contributed by atoms with E-state index in [9.17, 15) is 4.79 Å². The first-order valence-electron chi connectivity index (χ1n) is 6.29. The molecular formula is C14H19NO4. The minimum Gasteiger partial charge on any atom is -0.493 e. The number of rotatable bonds is 3. The molecule has 0 bridgehead atoms.